The molecular weight excluding hydrogens is 983 g/mol. The lowest BCUT2D eigenvalue weighted by atomic mass is 9.93. The summed E-state index contributed by atoms with van der Waals surface area (Å²) in [5.41, 5.74) is 10.5. The summed E-state index contributed by atoms with van der Waals surface area (Å²) in [6, 6.07) is 78.8. The van der Waals surface area contributed by atoms with Gasteiger partial charge >= 0.3 is 0 Å². The van der Waals surface area contributed by atoms with Gasteiger partial charge in [-0.05, 0) is 42.0 Å². The van der Waals surface area contributed by atoms with Crippen LogP contribution in [-0.4, -0.2) is 13.7 Å². The minimum Gasteiger partial charge on any atom is -0.316 e. The van der Waals surface area contributed by atoms with Crippen LogP contribution in [0.4, 0.5) is 5.69 Å². The van der Waals surface area contributed by atoms with Crippen molar-refractivity contribution in [2.75, 3.05) is 0 Å². The molecule has 0 amide bonds. The van der Waals surface area contributed by atoms with Gasteiger partial charge in [-0.3, -0.25) is 0 Å². The second-order valence-corrected chi connectivity index (χ2v) is 22.8. The van der Waals surface area contributed by atoms with Crippen LogP contribution in [0.15, 0.2) is 212 Å². The predicted molar refractivity (Wildman–Crippen MR) is 325 cm³/mol. The molecular formula is C68H35N5S3. The van der Waals surface area contributed by atoms with Crippen molar-refractivity contribution >= 4 is 166 Å². The molecule has 0 aliphatic heterocycles. The second-order valence-electron chi connectivity index (χ2n) is 19.6. The molecule has 0 N–H and O–H groups in total. The number of hydrogen-bond acceptors (Lipinski definition) is 4. The third-order valence-electron chi connectivity index (χ3n) is 15.9. The van der Waals surface area contributed by atoms with Gasteiger partial charge < -0.3 is 13.7 Å². The van der Waals surface area contributed by atoms with E-state index in [2.05, 4.69) is 226 Å². The third kappa shape index (κ3) is 5.39. The summed E-state index contributed by atoms with van der Waals surface area (Å²) in [5.74, 6) is 0. The first kappa shape index (κ1) is 41.9. The van der Waals surface area contributed by atoms with E-state index in [0.29, 0.717) is 22.6 Å². The van der Waals surface area contributed by atoms with Crippen LogP contribution in [0.25, 0.3) is 159 Å². The number of nitriles is 1. The number of thiophene rings is 3. The zero-order chi connectivity index (χ0) is 49.9. The quantitative estimate of drug-likeness (QED) is 0.162. The number of nitrogens with zero attached hydrogens (tertiary/aromatic N) is 5. The van der Waals surface area contributed by atoms with Gasteiger partial charge in [-0.25, -0.2) is 4.85 Å². The lowest BCUT2D eigenvalue weighted by molar-refractivity contribution is 1.09. The van der Waals surface area contributed by atoms with E-state index < -0.39 is 0 Å². The smallest absolute Gasteiger partial charge is 0.237 e. The first-order valence-electron chi connectivity index (χ1n) is 25.3. The molecule has 17 rings (SSSR count). The van der Waals surface area contributed by atoms with Crippen molar-refractivity contribution in [1.82, 2.24) is 13.7 Å². The third-order valence-corrected chi connectivity index (χ3v) is 19.5. The van der Waals surface area contributed by atoms with Gasteiger partial charge in [0.2, 0.25) is 5.69 Å². The normalized spacial score (nSPS) is 12.2. The number of hydrogen-bond donors (Lipinski definition) is 0. The molecule has 76 heavy (non-hydrogen) atoms. The number of benzene rings is 11. The van der Waals surface area contributed by atoms with Crippen molar-refractivity contribution in [1.29, 1.82) is 5.26 Å². The molecule has 0 radical (unpaired) electrons. The van der Waals surface area contributed by atoms with E-state index in [1.807, 2.05) is 6.07 Å². The van der Waals surface area contributed by atoms with E-state index in [9.17, 15) is 11.8 Å². The molecule has 0 bridgehead atoms. The fourth-order valence-corrected chi connectivity index (χ4v) is 16.6. The number of rotatable bonds is 4. The summed E-state index contributed by atoms with van der Waals surface area (Å²) < 4.78 is 14.1. The highest BCUT2D eigenvalue weighted by Crippen LogP contribution is 2.55. The molecule has 11 aromatic carbocycles. The highest BCUT2D eigenvalue weighted by atomic mass is 32.1. The van der Waals surface area contributed by atoms with Crippen molar-refractivity contribution in [3.8, 4) is 34.3 Å². The Morgan fingerprint density at radius 1 is 0.342 bits per heavy atom. The summed E-state index contributed by atoms with van der Waals surface area (Å²) in [6.45, 7) is 9.95. The van der Waals surface area contributed by atoms with Crippen LogP contribution in [0.5, 0.6) is 0 Å². The topological polar surface area (TPSA) is 42.9 Å². The minimum absolute atomic E-state index is 0.391. The highest BCUT2D eigenvalue weighted by molar-refractivity contribution is 7.27. The largest absolute Gasteiger partial charge is 0.316 e. The van der Waals surface area contributed by atoms with Gasteiger partial charge in [0.05, 0.1) is 76.4 Å². The van der Waals surface area contributed by atoms with Crippen molar-refractivity contribution in [2.24, 2.45) is 0 Å². The van der Waals surface area contributed by atoms with Crippen LogP contribution < -0.4 is 0 Å². The predicted octanol–water partition coefficient (Wildman–Crippen LogP) is 20.2. The van der Waals surface area contributed by atoms with Gasteiger partial charge in [0.15, 0.2) is 0 Å². The second kappa shape index (κ2) is 15.5. The Bertz CT molecular complexity index is 5510. The first-order valence-corrected chi connectivity index (χ1v) is 27.7. The van der Waals surface area contributed by atoms with Crippen molar-refractivity contribution in [3.05, 3.63) is 229 Å². The zero-order valence-corrected chi connectivity index (χ0v) is 42.6. The molecule has 17 aromatic rings. The molecule has 5 nitrogen and oxygen atoms in total. The Labute approximate surface area is 445 Å². The van der Waals surface area contributed by atoms with Crippen LogP contribution in [0.3, 0.4) is 0 Å². The molecule has 0 unspecified atom stereocenters. The maximum Gasteiger partial charge on any atom is 0.237 e. The van der Waals surface area contributed by atoms with Crippen LogP contribution in [0.1, 0.15) is 5.56 Å². The summed E-state index contributed by atoms with van der Waals surface area (Å²) in [7, 11) is 0. The lowest BCUT2D eigenvalue weighted by Crippen LogP contribution is -2.11. The molecule has 6 aromatic heterocycles. The monoisotopic (exact) mass is 1020 g/mol. The Balaban J connectivity index is 1.19. The maximum atomic E-state index is 12.5. The van der Waals surface area contributed by atoms with E-state index in [4.69, 9.17) is 4.85 Å². The molecule has 350 valence electrons. The molecule has 8 heteroatoms. The average Bonchev–Trinajstić information content (AvgIpc) is 4.51. The number of aromatic nitrogens is 3. The van der Waals surface area contributed by atoms with E-state index in [1.165, 1.54) is 41.0 Å². The van der Waals surface area contributed by atoms with Gasteiger partial charge in [-0.2, -0.15) is 5.26 Å². The SMILES string of the molecule is [C-]#[N+]c1c(-n2c3ccccc3c3ccc4c5ccccc5sc4c32)c(C#N)c(-c2ccccc2)c(-n2c3ccccc3c3ccc4c5ccccc5sc4c32)c1-n1c2ccccc2c2ccc3c4ccccc4sc3c21. The summed E-state index contributed by atoms with van der Waals surface area (Å²) in [4.78, 5) is 4.88. The van der Waals surface area contributed by atoms with Gasteiger partial charge in [-0.1, -0.05) is 176 Å². The average molecular weight is 1020 g/mol. The van der Waals surface area contributed by atoms with Gasteiger partial charge in [0.25, 0.3) is 0 Å². The van der Waals surface area contributed by atoms with E-state index in [-0.39, 0.29) is 0 Å². The van der Waals surface area contributed by atoms with Crippen LogP contribution in [0.2, 0.25) is 0 Å². The van der Waals surface area contributed by atoms with Gasteiger partial charge in [0, 0.05) is 84.3 Å². The Hall–Kier alpha value is -9.54. The lowest BCUT2D eigenvalue weighted by Gasteiger charge is -2.26. The standard InChI is InChI=1S/C68H35N5S3/c1-70-59-60(71-52-25-11-5-19-39(52)45-31-34-48-42-22-8-14-28-55(42)74-66(48)61(45)71)51(37-69)58(38-17-3-2-4-18-38)64(72-53-26-12-6-20-40(53)46-32-35-49-43-23-9-15-29-56(43)75-67(49)62(46)72)65(59)73-54-27-13-7-21-41(54)47-33-36-50-44-24-10-16-30-57(44)76-68(50)63(47)73/h2-36H. The molecule has 0 fully saturated rings. The van der Waals surface area contributed by atoms with Gasteiger partial charge in [0.1, 0.15) is 6.07 Å². The van der Waals surface area contributed by atoms with Gasteiger partial charge in [-0.15, -0.1) is 34.0 Å². The van der Waals surface area contributed by atoms with E-state index in [0.717, 1.165) is 102 Å². The molecule has 6 heterocycles. The van der Waals surface area contributed by atoms with Crippen molar-refractivity contribution in [2.45, 2.75) is 0 Å². The van der Waals surface area contributed by atoms with Crippen molar-refractivity contribution in [3.63, 3.8) is 0 Å². The van der Waals surface area contributed by atoms with E-state index >= 15 is 0 Å². The molecule has 0 aliphatic carbocycles. The maximum absolute atomic E-state index is 12.5. The summed E-state index contributed by atoms with van der Waals surface area (Å²) in [5, 5.41) is 26.1. The summed E-state index contributed by atoms with van der Waals surface area (Å²) >= 11 is 5.37. The number of para-hydroxylation sites is 3. The van der Waals surface area contributed by atoms with Crippen LogP contribution >= 0.6 is 34.0 Å². The number of fused-ring (bicyclic) bond motifs is 21. The molecule has 0 spiro atoms. The first-order chi connectivity index (χ1) is 37.7. The highest BCUT2D eigenvalue weighted by Gasteiger charge is 2.35. The fourth-order valence-electron chi connectivity index (χ4n) is 12.8. The molecule has 0 saturated carbocycles. The van der Waals surface area contributed by atoms with Crippen LogP contribution in [-0.2, 0) is 0 Å². The summed E-state index contributed by atoms with van der Waals surface area (Å²) in [6.07, 6.45) is 0. The Morgan fingerprint density at radius 2 is 0.684 bits per heavy atom. The van der Waals surface area contributed by atoms with E-state index in [1.54, 1.807) is 34.0 Å². The fraction of sp³-hybridized carbons (Fsp3) is 0. The Kier molecular flexibility index (Phi) is 8.54. The minimum atomic E-state index is 0.391. The molecule has 0 aliphatic rings. The Morgan fingerprint density at radius 3 is 1.09 bits per heavy atom. The van der Waals surface area contributed by atoms with Crippen LogP contribution in [0, 0.1) is 17.9 Å². The van der Waals surface area contributed by atoms with Crippen molar-refractivity contribution < 1.29 is 0 Å². The molecule has 0 saturated heterocycles. The molecule has 0 atom stereocenters. The zero-order valence-electron chi connectivity index (χ0n) is 40.2.